The first-order valence-corrected chi connectivity index (χ1v) is 8.67. The van der Waals surface area contributed by atoms with Gasteiger partial charge in [0.05, 0.1) is 29.8 Å². The minimum absolute atomic E-state index is 0.000583. The number of nitrogens with one attached hydrogen (secondary N) is 1. The molecule has 2 heterocycles. The molecule has 0 bridgehead atoms. The molecule has 6 nitrogen and oxygen atoms in total. The number of nitrogens with zero attached hydrogens (tertiary/aromatic N) is 3. The van der Waals surface area contributed by atoms with Crippen LogP contribution in [0.2, 0.25) is 5.02 Å². The molecule has 1 aromatic heterocycles. The number of benzene rings is 1. The van der Waals surface area contributed by atoms with E-state index in [1.54, 1.807) is 10.9 Å². The number of rotatable bonds is 5. The lowest BCUT2D eigenvalue weighted by atomic mass is 10.1. The van der Waals surface area contributed by atoms with Crippen LogP contribution in [-0.2, 0) is 16.1 Å². The summed E-state index contributed by atoms with van der Waals surface area (Å²) in [4.78, 5) is 25.8. The van der Waals surface area contributed by atoms with E-state index in [2.05, 4.69) is 10.4 Å². The zero-order valence-electron chi connectivity index (χ0n) is 13.5. The van der Waals surface area contributed by atoms with Crippen LogP contribution in [0.15, 0.2) is 24.4 Å². The molecule has 1 fully saturated rings. The van der Waals surface area contributed by atoms with Crippen molar-refractivity contribution in [2.24, 2.45) is 0 Å². The van der Waals surface area contributed by atoms with Crippen molar-refractivity contribution in [3.8, 4) is 0 Å². The summed E-state index contributed by atoms with van der Waals surface area (Å²) in [7, 11) is 0. The van der Waals surface area contributed by atoms with Crippen LogP contribution in [0.25, 0.3) is 10.9 Å². The van der Waals surface area contributed by atoms with Crippen LogP contribution >= 0.6 is 11.6 Å². The number of halogens is 1. The summed E-state index contributed by atoms with van der Waals surface area (Å²) in [5.41, 5.74) is 0.902. The number of piperidine rings is 1. The predicted octanol–water partition coefficient (Wildman–Crippen LogP) is 2.21. The molecule has 2 amide bonds. The largest absolute Gasteiger partial charge is 0.347 e. The van der Waals surface area contributed by atoms with E-state index in [0.717, 1.165) is 36.8 Å². The summed E-state index contributed by atoms with van der Waals surface area (Å²) in [6, 6.07) is 5.60. The van der Waals surface area contributed by atoms with Gasteiger partial charge in [-0.25, -0.2) is 0 Å². The number of likely N-dealkylation sites (tertiary alicyclic amines) is 1. The van der Waals surface area contributed by atoms with E-state index >= 15 is 0 Å². The van der Waals surface area contributed by atoms with Gasteiger partial charge in [-0.1, -0.05) is 17.7 Å². The quantitative estimate of drug-likeness (QED) is 0.900. The standard InChI is InChI=1S/C17H21ClN4O2/c18-14-5-4-6-15-13(14)11-20-22(15)10-7-16(23)19-12-17(24)21-8-2-1-3-9-21/h4-6,11H,1-3,7-10,12H2,(H,19,23). The number of aromatic nitrogens is 2. The Bertz CT molecular complexity index is 737. The maximum absolute atomic E-state index is 12.0. The molecule has 128 valence electrons. The van der Waals surface area contributed by atoms with Gasteiger partial charge in [-0.05, 0) is 31.4 Å². The maximum atomic E-state index is 12.0. The first-order chi connectivity index (χ1) is 11.6. The van der Waals surface area contributed by atoms with Gasteiger partial charge in [0, 0.05) is 24.9 Å². The first-order valence-electron chi connectivity index (χ1n) is 8.29. The Morgan fingerprint density at radius 1 is 1.21 bits per heavy atom. The summed E-state index contributed by atoms with van der Waals surface area (Å²) in [5, 5.41) is 8.50. The number of fused-ring (bicyclic) bond motifs is 1. The van der Waals surface area contributed by atoms with Gasteiger partial charge in [0.1, 0.15) is 0 Å². The summed E-state index contributed by atoms with van der Waals surface area (Å²) in [6.07, 6.45) is 5.26. The van der Waals surface area contributed by atoms with Gasteiger partial charge >= 0.3 is 0 Å². The average Bonchev–Trinajstić information content (AvgIpc) is 3.03. The summed E-state index contributed by atoms with van der Waals surface area (Å²) in [5.74, 6) is -0.148. The fourth-order valence-corrected chi connectivity index (χ4v) is 3.19. The molecule has 0 spiro atoms. The number of amides is 2. The predicted molar refractivity (Wildman–Crippen MR) is 92.8 cm³/mol. The summed E-state index contributed by atoms with van der Waals surface area (Å²) >= 11 is 6.12. The topological polar surface area (TPSA) is 67.2 Å². The van der Waals surface area contributed by atoms with Crippen molar-refractivity contribution in [2.75, 3.05) is 19.6 Å². The van der Waals surface area contributed by atoms with E-state index in [1.165, 1.54) is 6.42 Å². The van der Waals surface area contributed by atoms with Crippen LogP contribution in [-0.4, -0.2) is 46.1 Å². The van der Waals surface area contributed by atoms with Gasteiger partial charge in [0.25, 0.3) is 0 Å². The molecule has 0 radical (unpaired) electrons. The van der Waals surface area contributed by atoms with Crippen molar-refractivity contribution < 1.29 is 9.59 Å². The van der Waals surface area contributed by atoms with Crippen molar-refractivity contribution in [2.45, 2.75) is 32.2 Å². The van der Waals surface area contributed by atoms with Crippen LogP contribution in [0.1, 0.15) is 25.7 Å². The van der Waals surface area contributed by atoms with E-state index in [1.807, 2.05) is 23.1 Å². The Labute approximate surface area is 145 Å². The zero-order chi connectivity index (χ0) is 16.9. The van der Waals surface area contributed by atoms with Gasteiger partial charge in [-0.15, -0.1) is 0 Å². The van der Waals surface area contributed by atoms with E-state index in [4.69, 9.17) is 11.6 Å². The van der Waals surface area contributed by atoms with Crippen LogP contribution in [0.3, 0.4) is 0 Å². The molecule has 3 rings (SSSR count). The molecule has 1 aromatic carbocycles. The van der Waals surface area contributed by atoms with Gasteiger partial charge in [-0.2, -0.15) is 5.10 Å². The number of hydrogen-bond donors (Lipinski definition) is 1. The molecule has 2 aromatic rings. The SMILES string of the molecule is O=C(CCn1ncc2c(Cl)cccc21)NCC(=O)N1CCCCC1. The monoisotopic (exact) mass is 348 g/mol. The third-order valence-electron chi connectivity index (χ3n) is 4.33. The zero-order valence-corrected chi connectivity index (χ0v) is 14.3. The Kier molecular flexibility index (Phi) is 5.35. The molecule has 0 saturated carbocycles. The Morgan fingerprint density at radius 3 is 2.79 bits per heavy atom. The van der Waals surface area contributed by atoms with Crippen molar-refractivity contribution in [1.29, 1.82) is 0 Å². The second-order valence-corrected chi connectivity index (χ2v) is 6.42. The highest BCUT2D eigenvalue weighted by Gasteiger charge is 2.17. The second-order valence-electron chi connectivity index (χ2n) is 6.01. The van der Waals surface area contributed by atoms with Crippen LogP contribution in [0, 0.1) is 0 Å². The minimum atomic E-state index is -0.147. The van der Waals surface area contributed by atoms with E-state index in [9.17, 15) is 9.59 Å². The molecule has 24 heavy (non-hydrogen) atoms. The number of aryl methyl sites for hydroxylation is 1. The normalized spacial score (nSPS) is 14.8. The third kappa shape index (κ3) is 3.87. The number of hydrogen-bond acceptors (Lipinski definition) is 3. The van der Waals surface area contributed by atoms with Gasteiger partial charge in [0.15, 0.2) is 0 Å². The van der Waals surface area contributed by atoms with Crippen molar-refractivity contribution in [3.05, 3.63) is 29.4 Å². The summed E-state index contributed by atoms with van der Waals surface area (Å²) in [6.45, 7) is 2.13. The van der Waals surface area contributed by atoms with Crippen molar-refractivity contribution in [1.82, 2.24) is 20.0 Å². The lowest BCUT2D eigenvalue weighted by Gasteiger charge is -2.26. The molecule has 1 aliphatic heterocycles. The smallest absolute Gasteiger partial charge is 0.241 e. The maximum Gasteiger partial charge on any atom is 0.241 e. The number of carbonyl (C=O) groups excluding carboxylic acids is 2. The highest BCUT2D eigenvalue weighted by atomic mass is 35.5. The fraction of sp³-hybridized carbons (Fsp3) is 0.471. The number of carbonyl (C=O) groups is 2. The van der Waals surface area contributed by atoms with Crippen molar-refractivity contribution in [3.63, 3.8) is 0 Å². The van der Waals surface area contributed by atoms with Gasteiger partial charge in [-0.3, -0.25) is 14.3 Å². The Balaban J connectivity index is 1.48. The summed E-state index contributed by atoms with van der Waals surface area (Å²) < 4.78 is 1.76. The lowest BCUT2D eigenvalue weighted by Crippen LogP contribution is -2.42. The lowest BCUT2D eigenvalue weighted by molar-refractivity contribution is -0.133. The Hall–Kier alpha value is -2.08. The highest BCUT2D eigenvalue weighted by Crippen LogP contribution is 2.22. The molecule has 0 atom stereocenters. The van der Waals surface area contributed by atoms with Gasteiger partial charge < -0.3 is 10.2 Å². The molecule has 0 aliphatic carbocycles. The molecule has 7 heteroatoms. The molecule has 1 aliphatic rings. The third-order valence-corrected chi connectivity index (χ3v) is 4.66. The molecule has 1 N–H and O–H groups in total. The first kappa shape index (κ1) is 16.8. The van der Waals surface area contributed by atoms with E-state index in [-0.39, 0.29) is 24.8 Å². The molecule has 1 saturated heterocycles. The van der Waals surface area contributed by atoms with E-state index in [0.29, 0.717) is 11.6 Å². The van der Waals surface area contributed by atoms with Gasteiger partial charge in [0.2, 0.25) is 11.8 Å². The molecular weight excluding hydrogens is 328 g/mol. The van der Waals surface area contributed by atoms with Crippen molar-refractivity contribution >= 4 is 34.3 Å². The highest BCUT2D eigenvalue weighted by molar-refractivity contribution is 6.35. The molecular formula is C17H21ClN4O2. The minimum Gasteiger partial charge on any atom is -0.347 e. The van der Waals surface area contributed by atoms with Crippen LogP contribution in [0.4, 0.5) is 0 Å². The fourth-order valence-electron chi connectivity index (χ4n) is 2.97. The van der Waals surface area contributed by atoms with Crippen LogP contribution in [0.5, 0.6) is 0 Å². The van der Waals surface area contributed by atoms with Crippen LogP contribution < -0.4 is 5.32 Å². The average molecular weight is 349 g/mol. The molecule has 0 unspecified atom stereocenters. The second kappa shape index (κ2) is 7.66. The Morgan fingerprint density at radius 2 is 2.00 bits per heavy atom. The van der Waals surface area contributed by atoms with E-state index < -0.39 is 0 Å².